The van der Waals surface area contributed by atoms with Crippen molar-refractivity contribution in [2.24, 2.45) is 0 Å². The lowest BCUT2D eigenvalue weighted by Crippen LogP contribution is -2.28. The molecule has 2 aromatic carbocycles. The molecular formula is C18H21ClN2O3S. The lowest BCUT2D eigenvalue weighted by atomic mass is 10.2. The number of hydrogen-bond donors (Lipinski definition) is 1. The van der Waals surface area contributed by atoms with E-state index >= 15 is 0 Å². The average Bonchev–Trinajstić information content (AvgIpc) is 2.54. The van der Waals surface area contributed by atoms with Gasteiger partial charge >= 0.3 is 0 Å². The molecule has 2 rings (SSSR count). The summed E-state index contributed by atoms with van der Waals surface area (Å²) < 4.78 is 27.8. The van der Waals surface area contributed by atoms with Crippen LogP contribution in [0, 0.1) is 6.92 Å². The van der Waals surface area contributed by atoms with Gasteiger partial charge in [0.2, 0.25) is 0 Å². The van der Waals surface area contributed by atoms with E-state index in [0.717, 1.165) is 12.0 Å². The van der Waals surface area contributed by atoms with Crippen LogP contribution in [0.15, 0.2) is 47.4 Å². The number of nitrogens with zero attached hydrogens (tertiary/aromatic N) is 1. The summed E-state index contributed by atoms with van der Waals surface area (Å²) in [6.07, 6.45) is 0.798. The van der Waals surface area contributed by atoms with Crippen LogP contribution in [0.1, 0.15) is 29.3 Å². The summed E-state index contributed by atoms with van der Waals surface area (Å²) in [5, 5.41) is 0.224. The van der Waals surface area contributed by atoms with Crippen molar-refractivity contribution in [1.82, 2.24) is 4.90 Å². The molecule has 0 unspecified atom stereocenters. The molecule has 0 bridgehead atoms. The summed E-state index contributed by atoms with van der Waals surface area (Å²) >= 11 is 6.10. The van der Waals surface area contributed by atoms with Gasteiger partial charge in [0, 0.05) is 19.3 Å². The van der Waals surface area contributed by atoms with E-state index in [4.69, 9.17) is 11.6 Å². The molecule has 0 radical (unpaired) electrons. The van der Waals surface area contributed by atoms with Crippen LogP contribution < -0.4 is 4.72 Å². The number of hydrogen-bond acceptors (Lipinski definition) is 3. The SMILES string of the molecule is CCCN(C)C(=O)c1cc(S(=O)(=O)Nc2cccc(C)c2)ccc1Cl. The number of halogens is 1. The minimum Gasteiger partial charge on any atom is -0.342 e. The van der Waals surface area contributed by atoms with E-state index in [-0.39, 0.29) is 21.4 Å². The van der Waals surface area contributed by atoms with Crippen molar-refractivity contribution >= 4 is 33.2 Å². The Morgan fingerprint density at radius 1 is 1.20 bits per heavy atom. The maximum Gasteiger partial charge on any atom is 0.261 e. The van der Waals surface area contributed by atoms with Crippen molar-refractivity contribution in [2.75, 3.05) is 18.3 Å². The number of rotatable bonds is 6. The van der Waals surface area contributed by atoms with Gasteiger partial charge in [-0.25, -0.2) is 8.42 Å². The molecule has 0 aromatic heterocycles. The smallest absolute Gasteiger partial charge is 0.261 e. The molecule has 0 aliphatic heterocycles. The highest BCUT2D eigenvalue weighted by Crippen LogP contribution is 2.24. The van der Waals surface area contributed by atoms with Gasteiger partial charge < -0.3 is 4.90 Å². The van der Waals surface area contributed by atoms with Crippen LogP contribution in [0.5, 0.6) is 0 Å². The Hall–Kier alpha value is -2.05. The van der Waals surface area contributed by atoms with Gasteiger partial charge in [-0.2, -0.15) is 0 Å². The number of aryl methyl sites for hydroxylation is 1. The van der Waals surface area contributed by atoms with Crippen molar-refractivity contribution in [3.05, 3.63) is 58.6 Å². The summed E-state index contributed by atoms with van der Waals surface area (Å²) in [5.41, 5.74) is 1.57. The fourth-order valence-electron chi connectivity index (χ4n) is 2.40. The Bertz CT molecular complexity index is 882. The van der Waals surface area contributed by atoms with Crippen LogP contribution in [0.4, 0.5) is 5.69 Å². The third kappa shape index (κ3) is 4.74. The van der Waals surface area contributed by atoms with Crippen molar-refractivity contribution in [2.45, 2.75) is 25.2 Å². The first kappa shape index (κ1) is 19.3. The van der Waals surface area contributed by atoms with Gasteiger partial charge in [0.15, 0.2) is 0 Å². The Balaban J connectivity index is 2.36. The van der Waals surface area contributed by atoms with Gasteiger partial charge in [0.25, 0.3) is 15.9 Å². The third-order valence-electron chi connectivity index (χ3n) is 3.65. The average molecular weight is 381 g/mol. The minimum absolute atomic E-state index is 0.00773. The number of carbonyl (C=O) groups excluding carboxylic acids is 1. The first-order valence-corrected chi connectivity index (χ1v) is 9.75. The third-order valence-corrected chi connectivity index (χ3v) is 5.36. The molecule has 1 amide bonds. The highest BCUT2D eigenvalue weighted by molar-refractivity contribution is 7.92. The summed E-state index contributed by atoms with van der Waals surface area (Å²) in [6.45, 7) is 4.39. The predicted octanol–water partition coefficient (Wildman–Crippen LogP) is 3.93. The first-order valence-electron chi connectivity index (χ1n) is 7.89. The first-order chi connectivity index (χ1) is 11.7. The van der Waals surface area contributed by atoms with Crippen LogP contribution in [0.2, 0.25) is 5.02 Å². The second kappa shape index (κ2) is 7.89. The molecule has 0 saturated heterocycles. The van der Waals surface area contributed by atoms with Gasteiger partial charge in [0.05, 0.1) is 15.5 Å². The van der Waals surface area contributed by atoms with Crippen LogP contribution in [-0.2, 0) is 10.0 Å². The molecule has 0 aliphatic rings. The van der Waals surface area contributed by atoms with Gasteiger partial charge in [-0.3, -0.25) is 9.52 Å². The maximum absolute atomic E-state index is 12.6. The largest absolute Gasteiger partial charge is 0.342 e. The zero-order valence-electron chi connectivity index (χ0n) is 14.4. The molecular weight excluding hydrogens is 360 g/mol. The number of benzene rings is 2. The second-order valence-corrected chi connectivity index (χ2v) is 7.93. The zero-order chi connectivity index (χ0) is 18.6. The van der Waals surface area contributed by atoms with Gasteiger partial charge in [-0.15, -0.1) is 0 Å². The van der Waals surface area contributed by atoms with Crippen molar-refractivity contribution in [1.29, 1.82) is 0 Å². The van der Waals surface area contributed by atoms with Crippen molar-refractivity contribution in [3.8, 4) is 0 Å². The second-order valence-electron chi connectivity index (χ2n) is 5.84. The van der Waals surface area contributed by atoms with E-state index in [1.54, 1.807) is 25.2 Å². The Kier molecular flexibility index (Phi) is 6.08. The number of anilines is 1. The molecule has 2 aromatic rings. The van der Waals surface area contributed by atoms with Crippen molar-refractivity contribution in [3.63, 3.8) is 0 Å². The summed E-state index contributed by atoms with van der Waals surface area (Å²) in [7, 11) is -2.16. The molecule has 0 aliphatic carbocycles. The van der Waals surface area contributed by atoms with Crippen molar-refractivity contribution < 1.29 is 13.2 Å². The summed E-state index contributed by atoms with van der Waals surface area (Å²) in [6, 6.07) is 11.2. The number of sulfonamides is 1. The summed E-state index contributed by atoms with van der Waals surface area (Å²) in [5.74, 6) is -0.306. The van der Waals surface area contributed by atoms with E-state index in [9.17, 15) is 13.2 Å². The van der Waals surface area contributed by atoms with Crippen LogP contribution in [0.25, 0.3) is 0 Å². The Morgan fingerprint density at radius 2 is 1.92 bits per heavy atom. The lowest BCUT2D eigenvalue weighted by molar-refractivity contribution is 0.0795. The maximum atomic E-state index is 12.6. The van der Waals surface area contributed by atoms with E-state index in [1.165, 1.54) is 23.1 Å². The molecule has 0 heterocycles. The normalized spacial score (nSPS) is 11.2. The standard InChI is InChI=1S/C18H21ClN2O3S/c1-4-10-21(3)18(22)16-12-15(8-9-17(16)19)25(23,24)20-14-7-5-6-13(2)11-14/h5-9,11-12,20H,4,10H2,1-3H3. The molecule has 134 valence electrons. The summed E-state index contributed by atoms with van der Waals surface area (Å²) in [4.78, 5) is 14.0. The predicted molar refractivity (Wildman–Crippen MR) is 101 cm³/mol. The fraction of sp³-hybridized carbons (Fsp3) is 0.278. The number of nitrogens with one attached hydrogen (secondary N) is 1. The fourth-order valence-corrected chi connectivity index (χ4v) is 3.67. The number of amides is 1. The van der Waals surface area contributed by atoms with Gasteiger partial charge in [-0.1, -0.05) is 30.7 Å². The molecule has 1 N–H and O–H groups in total. The Labute approximate surface area is 153 Å². The molecule has 0 saturated carbocycles. The molecule has 25 heavy (non-hydrogen) atoms. The highest BCUT2D eigenvalue weighted by Gasteiger charge is 2.20. The van der Waals surface area contributed by atoms with Crippen LogP contribution in [-0.4, -0.2) is 32.8 Å². The van der Waals surface area contributed by atoms with Crippen LogP contribution >= 0.6 is 11.6 Å². The molecule has 0 spiro atoms. The molecule has 0 fully saturated rings. The Morgan fingerprint density at radius 3 is 2.56 bits per heavy atom. The molecule has 7 heteroatoms. The van der Waals surface area contributed by atoms with E-state index < -0.39 is 10.0 Å². The quantitative estimate of drug-likeness (QED) is 0.825. The zero-order valence-corrected chi connectivity index (χ0v) is 16.0. The van der Waals surface area contributed by atoms with E-state index in [1.807, 2.05) is 19.9 Å². The molecule has 5 nitrogen and oxygen atoms in total. The van der Waals surface area contributed by atoms with E-state index in [0.29, 0.717) is 12.2 Å². The minimum atomic E-state index is -3.82. The topological polar surface area (TPSA) is 66.5 Å². The number of carbonyl (C=O) groups is 1. The lowest BCUT2D eigenvalue weighted by Gasteiger charge is -2.17. The monoisotopic (exact) mass is 380 g/mol. The molecule has 0 atom stereocenters. The van der Waals surface area contributed by atoms with Gasteiger partial charge in [-0.05, 0) is 49.2 Å². The van der Waals surface area contributed by atoms with Crippen LogP contribution in [0.3, 0.4) is 0 Å². The van der Waals surface area contributed by atoms with E-state index in [2.05, 4.69) is 4.72 Å². The highest BCUT2D eigenvalue weighted by atomic mass is 35.5. The van der Waals surface area contributed by atoms with Gasteiger partial charge in [0.1, 0.15) is 0 Å².